The van der Waals surface area contributed by atoms with Gasteiger partial charge in [0.25, 0.3) is 0 Å². The van der Waals surface area contributed by atoms with E-state index in [0.29, 0.717) is 18.3 Å². The number of carbonyl (C=O) groups excluding carboxylic acids is 1. The van der Waals surface area contributed by atoms with Crippen LogP contribution < -0.4 is 4.74 Å². The summed E-state index contributed by atoms with van der Waals surface area (Å²) in [7, 11) is 0. The van der Waals surface area contributed by atoms with Crippen LogP contribution in [0.25, 0.3) is 10.2 Å². The molecule has 1 saturated heterocycles. The van der Waals surface area contributed by atoms with Gasteiger partial charge in [0.1, 0.15) is 29.0 Å². The van der Waals surface area contributed by atoms with Crippen LogP contribution in [0.2, 0.25) is 0 Å². The first-order valence-electron chi connectivity index (χ1n) is 11.8. The average Bonchev–Trinajstić information content (AvgIpc) is 3.38. The molecule has 0 amide bonds. The van der Waals surface area contributed by atoms with Crippen LogP contribution in [-0.2, 0) is 16.0 Å². The van der Waals surface area contributed by atoms with E-state index in [-0.39, 0.29) is 17.8 Å². The average molecular weight is 455 g/mol. The van der Waals surface area contributed by atoms with E-state index >= 15 is 0 Å². The Morgan fingerprint density at radius 2 is 2.06 bits per heavy atom. The number of nitriles is 1. The molecular formula is C24H30N4O3S. The second-order valence-corrected chi connectivity index (χ2v) is 10.3. The third-order valence-corrected chi connectivity index (χ3v) is 8.52. The molecule has 0 bridgehead atoms. The van der Waals surface area contributed by atoms with Crippen molar-refractivity contribution in [3.63, 3.8) is 0 Å². The lowest BCUT2D eigenvalue weighted by molar-refractivity contribution is -0.119. The summed E-state index contributed by atoms with van der Waals surface area (Å²) in [4.78, 5) is 25.8. The van der Waals surface area contributed by atoms with Gasteiger partial charge in [0.15, 0.2) is 0 Å². The molecule has 8 heteroatoms. The fourth-order valence-corrected chi connectivity index (χ4v) is 6.82. The van der Waals surface area contributed by atoms with E-state index < -0.39 is 5.92 Å². The summed E-state index contributed by atoms with van der Waals surface area (Å²) in [5.74, 6) is 0.277. The maximum Gasteiger partial charge on any atom is 0.225 e. The molecule has 2 atom stereocenters. The predicted molar refractivity (Wildman–Crippen MR) is 122 cm³/mol. The molecule has 0 aromatic carbocycles. The van der Waals surface area contributed by atoms with E-state index in [4.69, 9.17) is 9.47 Å². The first-order valence-corrected chi connectivity index (χ1v) is 12.6. The second kappa shape index (κ2) is 9.42. The number of ether oxygens (including phenoxy) is 2. The normalized spacial score (nSPS) is 27.1. The standard InChI is InChI=1S/C24H30N4O3S/c1-15(29)17(13-25)12-16-2-7-20-21(16)22-23(26-14-27-24(22)32-20)31-19-5-3-18(4-6-19)28-8-10-30-11-9-28/h14,16-19H,2-12H2,1H3/t16-,17?,18-,19-/m1/s1. The van der Waals surface area contributed by atoms with Crippen LogP contribution >= 0.6 is 11.3 Å². The molecule has 1 saturated carbocycles. The van der Waals surface area contributed by atoms with Crippen LogP contribution in [0.1, 0.15) is 61.8 Å². The fraction of sp³-hybridized carbons (Fsp3) is 0.667. The summed E-state index contributed by atoms with van der Waals surface area (Å²) < 4.78 is 12.0. The zero-order valence-electron chi connectivity index (χ0n) is 18.6. The number of thiophene rings is 1. The lowest BCUT2D eigenvalue weighted by atomic mass is 9.88. The summed E-state index contributed by atoms with van der Waals surface area (Å²) in [6, 6.07) is 2.82. The highest BCUT2D eigenvalue weighted by Gasteiger charge is 2.34. The third-order valence-electron chi connectivity index (χ3n) is 7.35. The Balaban J connectivity index is 1.32. The van der Waals surface area contributed by atoms with Crippen molar-refractivity contribution in [2.24, 2.45) is 5.92 Å². The van der Waals surface area contributed by atoms with Crippen LogP contribution in [0, 0.1) is 17.2 Å². The lowest BCUT2D eigenvalue weighted by Crippen LogP contribution is -2.46. The highest BCUT2D eigenvalue weighted by molar-refractivity contribution is 7.19. The molecule has 3 aliphatic rings. The first kappa shape index (κ1) is 21.7. The van der Waals surface area contributed by atoms with E-state index in [2.05, 4.69) is 20.9 Å². The van der Waals surface area contributed by atoms with Gasteiger partial charge in [0, 0.05) is 24.0 Å². The largest absolute Gasteiger partial charge is 0.474 e. The highest BCUT2D eigenvalue weighted by Crippen LogP contribution is 2.48. The van der Waals surface area contributed by atoms with Crippen molar-refractivity contribution in [2.75, 3.05) is 26.3 Å². The van der Waals surface area contributed by atoms with Gasteiger partial charge in [-0.3, -0.25) is 9.69 Å². The van der Waals surface area contributed by atoms with Gasteiger partial charge in [0.05, 0.1) is 24.7 Å². The number of aromatic nitrogens is 2. The molecule has 0 radical (unpaired) electrons. The molecule has 2 aliphatic carbocycles. The number of carbonyl (C=O) groups is 1. The Kier molecular flexibility index (Phi) is 6.40. The Morgan fingerprint density at radius 3 is 2.78 bits per heavy atom. The summed E-state index contributed by atoms with van der Waals surface area (Å²) in [6.45, 7) is 5.27. The van der Waals surface area contributed by atoms with Crippen molar-refractivity contribution in [2.45, 2.75) is 69.9 Å². The smallest absolute Gasteiger partial charge is 0.225 e. The number of ketones is 1. The Morgan fingerprint density at radius 1 is 1.28 bits per heavy atom. The zero-order chi connectivity index (χ0) is 22.1. The Hall–Kier alpha value is -2.08. The van der Waals surface area contributed by atoms with Crippen LogP contribution in [-0.4, -0.2) is 59.1 Å². The zero-order valence-corrected chi connectivity index (χ0v) is 19.4. The van der Waals surface area contributed by atoms with Gasteiger partial charge in [-0.25, -0.2) is 9.97 Å². The van der Waals surface area contributed by atoms with E-state index in [0.717, 1.165) is 75.0 Å². The minimum atomic E-state index is -0.551. The van der Waals surface area contributed by atoms with Gasteiger partial charge in [-0.05, 0) is 63.4 Å². The number of hydrogen-bond acceptors (Lipinski definition) is 8. The first-order chi connectivity index (χ1) is 15.6. The van der Waals surface area contributed by atoms with Crippen molar-refractivity contribution in [3.8, 4) is 11.9 Å². The monoisotopic (exact) mass is 454 g/mol. The number of rotatable bonds is 6. The summed E-state index contributed by atoms with van der Waals surface area (Å²) >= 11 is 1.71. The van der Waals surface area contributed by atoms with Gasteiger partial charge >= 0.3 is 0 Å². The minimum Gasteiger partial charge on any atom is -0.474 e. The van der Waals surface area contributed by atoms with Crippen molar-refractivity contribution in [1.82, 2.24) is 14.9 Å². The van der Waals surface area contributed by atoms with E-state index in [9.17, 15) is 10.1 Å². The molecule has 3 heterocycles. The van der Waals surface area contributed by atoms with E-state index in [1.807, 2.05) is 0 Å². The molecule has 1 aliphatic heterocycles. The van der Waals surface area contributed by atoms with Crippen LogP contribution in [0.15, 0.2) is 6.33 Å². The van der Waals surface area contributed by atoms with Gasteiger partial charge in [-0.15, -0.1) is 11.3 Å². The number of morpholine rings is 1. The lowest BCUT2D eigenvalue weighted by Gasteiger charge is -2.38. The summed E-state index contributed by atoms with van der Waals surface area (Å²) in [6.07, 6.45) is 8.65. The van der Waals surface area contributed by atoms with Gasteiger partial charge in [-0.1, -0.05) is 0 Å². The topological polar surface area (TPSA) is 88.3 Å². The maximum atomic E-state index is 11.9. The summed E-state index contributed by atoms with van der Waals surface area (Å²) in [5.41, 5.74) is 1.23. The predicted octanol–water partition coefficient (Wildman–Crippen LogP) is 3.86. The minimum absolute atomic E-state index is 0.0507. The SMILES string of the molecule is CC(=O)C(C#N)C[C@H]1CCc2sc3ncnc(O[C@H]4CC[C@H](N5CCOCC5)CC4)c3c21. The number of Topliss-reactive ketones (excluding diaryl/α,β-unsaturated/α-hetero) is 1. The molecule has 2 aromatic rings. The number of aryl methyl sites for hydroxylation is 1. The molecule has 0 N–H and O–H groups in total. The van der Waals surface area contributed by atoms with E-state index in [1.54, 1.807) is 17.7 Å². The quantitative estimate of drug-likeness (QED) is 0.655. The van der Waals surface area contributed by atoms with Crippen molar-refractivity contribution in [1.29, 1.82) is 5.26 Å². The van der Waals surface area contributed by atoms with E-state index in [1.165, 1.54) is 17.4 Å². The number of hydrogen-bond donors (Lipinski definition) is 0. The molecule has 2 aromatic heterocycles. The molecule has 5 rings (SSSR count). The molecule has 170 valence electrons. The van der Waals surface area contributed by atoms with Crippen molar-refractivity contribution < 1.29 is 14.3 Å². The van der Waals surface area contributed by atoms with Gasteiger partial charge in [0.2, 0.25) is 5.88 Å². The van der Waals surface area contributed by atoms with Crippen LogP contribution in [0.3, 0.4) is 0 Å². The Labute approximate surface area is 192 Å². The fourth-order valence-electron chi connectivity index (χ4n) is 5.59. The molecule has 7 nitrogen and oxygen atoms in total. The highest BCUT2D eigenvalue weighted by atomic mass is 32.1. The molecule has 32 heavy (non-hydrogen) atoms. The molecule has 0 spiro atoms. The van der Waals surface area contributed by atoms with Crippen LogP contribution in [0.5, 0.6) is 5.88 Å². The summed E-state index contributed by atoms with van der Waals surface area (Å²) in [5, 5.41) is 10.4. The third kappa shape index (κ3) is 4.26. The molecular weight excluding hydrogens is 424 g/mol. The molecule has 2 fully saturated rings. The second-order valence-electron chi connectivity index (χ2n) is 9.26. The number of nitrogens with zero attached hydrogens (tertiary/aromatic N) is 4. The molecule has 1 unspecified atom stereocenters. The van der Waals surface area contributed by atoms with Crippen molar-refractivity contribution in [3.05, 3.63) is 16.8 Å². The Bertz CT molecular complexity index is 1020. The van der Waals surface area contributed by atoms with Gasteiger partial charge < -0.3 is 9.47 Å². The van der Waals surface area contributed by atoms with Gasteiger partial charge in [-0.2, -0.15) is 5.26 Å². The maximum absolute atomic E-state index is 11.9. The number of fused-ring (bicyclic) bond motifs is 3. The van der Waals surface area contributed by atoms with Crippen LogP contribution in [0.4, 0.5) is 0 Å². The van der Waals surface area contributed by atoms with Crippen molar-refractivity contribution >= 4 is 27.3 Å².